The summed E-state index contributed by atoms with van der Waals surface area (Å²) in [6, 6.07) is 10.1. The first-order valence-electron chi connectivity index (χ1n) is 8.22. The number of aromatic nitrogens is 1. The molecule has 0 spiro atoms. The van der Waals surface area contributed by atoms with Crippen LogP contribution in [0.5, 0.6) is 0 Å². The SMILES string of the molecule is CC(C)S(=O)(=O)N(CC(C)(F)c1ccccc1)C(=O)Nc1ccc(Cl)nc1. The molecule has 1 heterocycles. The first-order valence-corrected chi connectivity index (χ1v) is 10.1. The summed E-state index contributed by atoms with van der Waals surface area (Å²) < 4.78 is 41.2. The number of urea groups is 1. The Kier molecular flexibility index (Phi) is 6.43. The molecule has 2 amide bonds. The number of rotatable bonds is 6. The number of nitrogens with zero attached hydrogens (tertiary/aromatic N) is 2. The van der Waals surface area contributed by atoms with E-state index in [4.69, 9.17) is 11.6 Å². The Morgan fingerprint density at radius 3 is 2.41 bits per heavy atom. The molecule has 0 aliphatic carbocycles. The summed E-state index contributed by atoms with van der Waals surface area (Å²) in [5, 5.41) is 1.74. The van der Waals surface area contributed by atoms with Crippen molar-refractivity contribution in [3.63, 3.8) is 0 Å². The lowest BCUT2D eigenvalue weighted by Crippen LogP contribution is -2.48. The number of anilines is 1. The Morgan fingerprint density at radius 2 is 1.89 bits per heavy atom. The van der Waals surface area contributed by atoms with Crippen molar-refractivity contribution in [1.29, 1.82) is 0 Å². The van der Waals surface area contributed by atoms with Gasteiger partial charge in [-0.3, -0.25) is 0 Å². The van der Waals surface area contributed by atoms with E-state index >= 15 is 4.39 Å². The summed E-state index contributed by atoms with van der Waals surface area (Å²) in [4.78, 5) is 16.5. The van der Waals surface area contributed by atoms with Gasteiger partial charge in [0.1, 0.15) is 5.15 Å². The van der Waals surface area contributed by atoms with E-state index < -0.39 is 33.5 Å². The number of nitrogens with one attached hydrogen (secondary N) is 1. The Hall–Kier alpha value is -2.19. The molecule has 0 fully saturated rings. The largest absolute Gasteiger partial charge is 0.335 e. The molecule has 1 aromatic heterocycles. The van der Waals surface area contributed by atoms with Crippen molar-refractivity contribution < 1.29 is 17.6 Å². The van der Waals surface area contributed by atoms with Gasteiger partial charge in [0.05, 0.1) is 23.7 Å². The minimum Gasteiger partial charge on any atom is -0.306 e. The molecule has 0 aliphatic rings. The van der Waals surface area contributed by atoms with E-state index in [1.54, 1.807) is 30.3 Å². The maximum atomic E-state index is 15.3. The van der Waals surface area contributed by atoms with Crippen LogP contribution in [0.1, 0.15) is 26.3 Å². The van der Waals surface area contributed by atoms with Crippen LogP contribution in [0.3, 0.4) is 0 Å². The monoisotopic (exact) mass is 413 g/mol. The first-order chi connectivity index (χ1) is 12.5. The lowest BCUT2D eigenvalue weighted by Gasteiger charge is -2.31. The van der Waals surface area contributed by atoms with Crippen LogP contribution >= 0.6 is 11.6 Å². The second kappa shape index (κ2) is 8.22. The zero-order valence-corrected chi connectivity index (χ0v) is 16.8. The van der Waals surface area contributed by atoms with Gasteiger partial charge in [0.25, 0.3) is 0 Å². The summed E-state index contributed by atoms with van der Waals surface area (Å²) in [6.07, 6.45) is 1.28. The molecule has 1 aromatic carbocycles. The molecule has 0 saturated carbocycles. The molecule has 0 aliphatic heterocycles. The van der Waals surface area contributed by atoms with E-state index in [9.17, 15) is 13.2 Å². The van der Waals surface area contributed by atoms with Gasteiger partial charge in [-0.1, -0.05) is 41.9 Å². The standard InChI is InChI=1S/C18H21ClFN3O3S/c1-13(2)27(25,26)23(12-18(3,20)14-7-5-4-6-8-14)17(24)22-15-9-10-16(19)21-11-15/h4-11,13H,12H2,1-3H3,(H,22,24). The summed E-state index contributed by atoms with van der Waals surface area (Å²) in [7, 11) is -4.07. The smallest absolute Gasteiger partial charge is 0.306 e. The Labute approximate surface area is 163 Å². The van der Waals surface area contributed by atoms with Gasteiger partial charge < -0.3 is 5.32 Å². The third kappa shape index (κ3) is 5.17. The van der Waals surface area contributed by atoms with Crippen molar-refractivity contribution in [2.45, 2.75) is 31.7 Å². The Balaban J connectivity index is 2.34. The third-order valence-corrected chi connectivity index (χ3v) is 6.25. The van der Waals surface area contributed by atoms with Gasteiger partial charge in [-0.2, -0.15) is 0 Å². The molecule has 0 radical (unpaired) electrons. The van der Waals surface area contributed by atoms with Crippen molar-refractivity contribution in [2.24, 2.45) is 0 Å². The van der Waals surface area contributed by atoms with Crippen LogP contribution in [-0.2, 0) is 15.7 Å². The summed E-state index contributed by atoms with van der Waals surface area (Å²) in [6.45, 7) is 3.43. The van der Waals surface area contributed by atoms with E-state index in [0.29, 0.717) is 4.31 Å². The second-order valence-corrected chi connectivity index (χ2v) is 9.26. The van der Waals surface area contributed by atoms with Crippen molar-refractivity contribution in [2.75, 3.05) is 11.9 Å². The molecule has 2 aromatic rings. The zero-order valence-electron chi connectivity index (χ0n) is 15.2. The predicted molar refractivity (Wildman–Crippen MR) is 104 cm³/mol. The lowest BCUT2D eigenvalue weighted by molar-refractivity contribution is 0.154. The van der Waals surface area contributed by atoms with Gasteiger partial charge in [-0.15, -0.1) is 0 Å². The van der Waals surface area contributed by atoms with E-state index in [0.717, 1.165) is 0 Å². The molecule has 27 heavy (non-hydrogen) atoms. The number of amides is 2. The Bertz CT molecular complexity index is 888. The first kappa shape index (κ1) is 21.1. The third-order valence-electron chi connectivity index (χ3n) is 3.92. The van der Waals surface area contributed by atoms with E-state index in [1.165, 1.54) is 39.1 Å². The van der Waals surface area contributed by atoms with Crippen LogP contribution < -0.4 is 5.32 Å². The zero-order chi connectivity index (χ0) is 20.2. The van der Waals surface area contributed by atoms with Crippen LogP contribution in [0, 0.1) is 0 Å². The number of sulfonamides is 1. The minimum atomic E-state index is -4.07. The predicted octanol–water partition coefficient (Wildman–Crippen LogP) is 4.19. The fourth-order valence-electron chi connectivity index (χ4n) is 2.31. The molecule has 2 rings (SSSR count). The molecule has 1 N–H and O–H groups in total. The highest BCUT2D eigenvalue weighted by molar-refractivity contribution is 7.90. The summed E-state index contributed by atoms with van der Waals surface area (Å²) >= 11 is 5.70. The van der Waals surface area contributed by atoms with Crippen LogP contribution in [0.25, 0.3) is 0 Å². The van der Waals surface area contributed by atoms with Crippen LogP contribution in [0.15, 0.2) is 48.7 Å². The maximum absolute atomic E-state index is 15.3. The highest BCUT2D eigenvalue weighted by Gasteiger charge is 2.38. The fourth-order valence-corrected chi connectivity index (χ4v) is 3.63. The summed E-state index contributed by atoms with van der Waals surface area (Å²) in [5.74, 6) is 0. The van der Waals surface area contributed by atoms with Crippen LogP contribution in [0.4, 0.5) is 14.9 Å². The van der Waals surface area contributed by atoms with Gasteiger partial charge in [0.2, 0.25) is 10.0 Å². The maximum Gasteiger partial charge on any atom is 0.335 e. The van der Waals surface area contributed by atoms with Crippen molar-refractivity contribution in [1.82, 2.24) is 9.29 Å². The minimum absolute atomic E-state index is 0.222. The van der Waals surface area contributed by atoms with E-state index in [-0.39, 0.29) is 16.4 Å². The van der Waals surface area contributed by atoms with E-state index in [1.807, 2.05) is 0 Å². The molecular weight excluding hydrogens is 393 g/mol. The molecule has 0 bridgehead atoms. The molecule has 1 unspecified atom stereocenters. The topological polar surface area (TPSA) is 79.4 Å². The molecule has 146 valence electrons. The van der Waals surface area contributed by atoms with E-state index in [2.05, 4.69) is 10.3 Å². The molecule has 9 heteroatoms. The Morgan fingerprint density at radius 1 is 1.26 bits per heavy atom. The average Bonchev–Trinajstić information content (AvgIpc) is 2.62. The van der Waals surface area contributed by atoms with Crippen molar-refractivity contribution in [3.8, 4) is 0 Å². The number of pyridine rings is 1. The van der Waals surface area contributed by atoms with Crippen LogP contribution in [-0.4, -0.2) is 35.5 Å². The van der Waals surface area contributed by atoms with Gasteiger partial charge in [0.15, 0.2) is 5.67 Å². The van der Waals surface area contributed by atoms with Crippen molar-refractivity contribution >= 4 is 33.3 Å². The highest BCUT2D eigenvalue weighted by atomic mass is 35.5. The number of alkyl halides is 1. The number of halogens is 2. The normalized spacial score (nSPS) is 13.9. The molecule has 0 saturated heterocycles. The molecule has 6 nitrogen and oxygen atoms in total. The van der Waals surface area contributed by atoms with Crippen LogP contribution in [0.2, 0.25) is 5.15 Å². The summed E-state index contributed by atoms with van der Waals surface area (Å²) in [5.41, 5.74) is -1.55. The number of hydrogen-bond acceptors (Lipinski definition) is 4. The fraction of sp³-hybridized carbons (Fsp3) is 0.333. The van der Waals surface area contributed by atoms with Gasteiger partial charge in [0, 0.05) is 0 Å². The number of carbonyl (C=O) groups is 1. The number of benzene rings is 1. The highest BCUT2D eigenvalue weighted by Crippen LogP contribution is 2.28. The van der Waals surface area contributed by atoms with Gasteiger partial charge in [-0.05, 0) is 38.5 Å². The van der Waals surface area contributed by atoms with Gasteiger partial charge >= 0.3 is 6.03 Å². The average molecular weight is 414 g/mol. The molecule has 1 atom stereocenters. The van der Waals surface area contributed by atoms with Gasteiger partial charge in [-0.25, -0.2) is 26.9 Å². The number of carbonyl (C=O) groups excluding carboxylic acids is 1. The van der Waals surface area contributed by atoms with Crippen molar-refractivity contribution in [3.05, 3.63) is 59.4 Å². The lowest BCUT2D eigenvalue weighted by atomic mass is 9.98. The molecular formula is C18H21ClFN3O3S. The second-order valence-electron chi connectivity index (χ2n) is 6.46. The number of hydrogen-bond donors (Lipinski definition) is 1. The quantitative estimate of drug-likeness (QED) is 0.720.